The van der Waals surface area contributed by atoms with Crippen LogP contribution in [-0.2, 0) is 6.42 Å². The van der Waals surface area contributed by atoms with Crippen LogP contribution in [0.25, 0.3) is 0 Å². The minimum absolute atomic E-state index is 0.00532. The average Bonchev–Trinajstić information content (AvgIpc) is 2.28. The number of rotatable bonds is 6. The van der Waals surface area contributed by atoms with E-state index < -0.39 is 0 Å². The average molecular weight is 226 g/mol. The molecule has 0 aliphatic rings. The predicted molar refractivity (Wildman–Crippen MR) is 62.2 cm³/mol. The highest BCUT2D eigenvalue weighted by Crippen LogP contribution is 2.13. The van der Waals surface area contributed by atoms with Crippen LogP contribution in [0.3, 0.4) is 0 Å². The smallest absolute Gasteiger partial charge is 0.134 e. The van der Waals surface area contributed by atoms with Gasteiger partial charge in [-0.2, -0.15) is 0 Å². The van der Waals surface area contributed by atoms with Gasteiger partial charge in [-0.25, -0.2) is 9.97 Å². The maximum Gasteiger partial charge on any atom is 0.134 e. The molecule has 4 N–H and O–H groups in total. The summed E-state index contributed by atoms with van der Waals surface area (Å²) >= 11 is 0. The highest BCUT2D eigenvalue weighted by molar-refractivity contribution is 5.47. The van der Waals surface area contributed by atoms with Crippen LogP contribution >= 0.6 is 0 Å². The lowest BCUT2D eigenvalue weighted by Gasteiger charge is -2.22. The minimum atomic E-state index is 0.00532. The van der Waals surface area contributed by atoms with Gasteiger partial charge >= 0.3 is 0 Å². The molecule has 0 atom stereocenters. The number of nitrogen functional groups attached to an aromatic ring is 1. The first-order valence-electron chi connectivity index (χ1n) is 5.31. The molecule has 0 spiro atoms. The van der Waals surface area contributed by atoms with E-state index in [4.69, 9.17) is 15.9 Å². The molecule has 0 saturated carbocycles. The Hall–Kier alpha value is -1.40. The maximum absolute atomic E-state index is 8.92. The van der Waals surface area contributed by atoms with E-state index in [0.29, 0.717) is 37.0 Å². The molecule has 16 heavy (non-hydrogen) atoms. The molecule has 1 rings (SSSR count). The standard InChI is InChI=1S/C10H18N4O2/c1-2-9-12-8(11)7-10(13-9)14(3-5-15)4-6-16/h7,15-16H,2-6H2,1H3,(H2,11,12,13). The number of anilines is 2. The van der Waals surface area contributed by atoms with Crippen molar-refractivity contribution in [3.63, 3.8) is 0 Å². The second kappa shape index (κ2) is 6.24. The summed E-state index contributed by atoms with van der Waals surface area (Å²) in [4.78, 5) is 10.1. The molecule has 0 amide bonds. The van der Waals surface area contributed by atoms with Crippen molar-refractivity contribution < 1.29 is 10.2 Å². The van der Waals surface area contributed by atoms with Crippen molar-refractivity contribution in [3.8, 4) is 0 Å². The van der Waals surface area contributed by atoms with Gasteiger partial charge in [0, 0.05) is 25.6 Å². The van der Waals surface area contributed by atoms with Crippen molar-refractivity contribution in [2.75, 3.05) is 36.9 Å². The molecule has 0 aliphatic heterocycles. The van der Waals surface area contributed by atoms with Gasteiger partial charge in [-0.3, -0.25) is 0 Å². The number of nitrogens with zero attached hydrogens (tertiary/aromatic N) is 3. The van der Waals surface area contributed by atoms with Crippen molar-refractivity contribution >= 4 is 11.6 Å². The molecule has 1 heterocycles. The Morgan fingerprint density at radius 1 is 1.25 bits per heavy atom. The topological polar surface area (TPSA) is 95.5 Å². The van der Waals surface area contributed by atoms with Crippen LogP contribution in [0, 0.1) is 0 Å². The zero-order valence-corrected chi connectivity index (χ0v) is 9.43. The predicted octanol–water partition coefficient (Wildman–Crippen LogP) is -0.588. The summed E-state index contributed by atoms with van der Waals surface area (Å²) in [6, 6.07) is 1.64. The van der Waals surface area contributed by atoms with Crippen LogP contribution in [0.15, 0.2) is 6.07 Å². The number of hydrogen-bond donors (Lipinski definition) is 3. The second-order valence-corrected chi connectivity index (χ2v) is 3.36. The van der Waals surface area contributed by atoms with Crippen LogP contribution < -0.4 is 10.6 Å². The van der Waals surface area contributed by atoms with Gasteiger partial charge in [0.1, 0.15) is 17.5 Å². The number of aliphatic hydroxyl groups excluding tert-OH is 2. The Morgan fingerprint density at radius 3 is 2.38 bits per heavy atom. The number of aliphatic hydroxyl groups is 2. The first-order valence-corrected chi connectivity index (χ1v) is 5.31. The number of aromatic nitrogens is 2. The van der Waals surface area contributed by atoms with Crippen LogP contribution in [0.1, 0.15) is 12.7 Å². The fraction of sp³-hybridized carbons (Fsp3) is 0.600. The molecular formula is C10H18N4O2. The lowest BCUT2D eigenvalue weighted by Crippen LogP contribution is -2.30. The van der Waals surface area contributed by atoms with Gasteiger partial charge < -0.3 is 20.8 Å². The largest absolute Gasteiger partial charge is 0.395 e. The SMILES string of the molecule is CCc1nc(N)cc(N(CCO)CCO)n1. The van der Waals surface area contributed by atoms with Gasteiger partial charge in [-0.1, -0.05) is 6.92 Å². The van der Waals surface area contributed by atoms with Crippen molar-refractivity contribution in [1.82, 2.24) is 9.97 Å². The Labute approximate surface area is 94.7 Å². The summed E-state index contributed by atoms with van der Waals surface area (Å²) in [6.07, 6.45) is 0.699. The second-order valence-electron chi connectivity index (χ2n) is 3.36. The normalized spacial score (nSPS) is 10.4. The summed E-state index contributed by atoms with van der Waals surface area (Å²) < 4.78 is 0. The van der Waals surface area contributed by atoms with E-state index in [1.807, 2.05) is 6.92 Å². The van der Waals surface area contributed by atoms with E-state index in [-0.39, 0.29) is 13.2 Å². The summed E-state index contributed by atoms with van der Waals surface area (Å²) in [5.41, 5.74) is 5.66. The third-order valence-electron chi connectivity index (χ3n) is 2.16. The van der Waals surface area contributed by atoms with Gasteiger partial charge in [-0.05, 0) is 0 Å². The molecule has 0 bridgehead atoms. The van der Waals surface area contributed by atoms with E-state index in [9.17, 15) is 0 Å². The number of hydrogen-bond acceptors (Lipinski definition) is 6. The molecule has 0 fully saturated rings. The van der Waals surface area contributed by atoms with E-state index in [2.05, 4.69) is 9.97 Å². The number of aryl methyl sites for hydroxylation is 1. The highest BCUT2D eigenvalue weighted by Gasteiger charge is 2.09. The van der Waals surface area contributed by atoms with Crippen molar-refractivity contribution in [2.24, 2.45) is 0 Å². The monoisotopic (exact) mass is 226 g/mol. The van der Waals surface area contributed by atoms with E-state index in [1.165, 1.54) is 0 Å². The Balaban J connectivity index is 2.93. The van der Waals surface area contributed by atoms with Crippen LogP contribution in [0.2, 0.25) is 0 Å². The molecule has 1 aromatic rings. The molecule has 6 heteroatoms. The highest BCUT2D eigenvalue weighted by atomic mass is 16.3. The number of nitrogens with two attached hydrogens (primary N) is 1. The van der Waals surface area contributed by atoms with Crippen molar-refractivity contribution in [1.29, 1.82) is 0 Å². The summed E-state index contributed by atoms with van der Waals surface area (Å²) in [7, 11) is 0. The molecule has 0 unspecified atom stereocenters. The third-order valence-corrected chi connectivity index (χ3v) is 2.16. The lowest BCUT2D eigenvalue weighted by molar-refractivity contribution is 0.280. The molecule has 0 aliphatic carbocycles. The van der Waals surface area contributed by atoms with E-state index in [1.54, 1.807) is 11.0 Å². The fourth-order valence-corrected chi connectivity index (χ4v) is 1.41. The molecule has 0 saturated heterocycles. The summed E-state index contributed by atoms with van der Waals surface area (Å²) in [5.74, 6) is 1.71. The lowest BCUT2D eigenvalue weighted by atomic mass is 10.4. The maximum atomic E-state index is 8.92. The van der Waals surface area contributed by atoms with Crippen LogP contribution in [0.5, 0.6) is 0 Å². The first-order chi connectivity index (χ1) is 7.71. The molecule has 1 aromatic heterocycles. The minimum Gasteiger partial charge on any atom is -0.395 e. The molecular weight excluding hydrogens is 208 g/mol. The summed E-state index contributed by atoms with van der Waals surface area (Å²) in [6.45, 7) is 2.79. The van der Waals surface area contributed by atoms with Gasteiger partial charge in [0.05, 0.1) is 13.2 Å². The molecule has 0 radical (unpaired) electrons. The zero-order valence-electron chi connectivity index (χ0n) is 9.43. The van der Waals surface area contributed by atoms with Gasteiger partial charge in [0.25, 0.3) is 0 Å². The van der Waals surface area contributed by atoms with E-state index in [0.717, 1.165) is 0 Å². The molecule has 6 nitrogen and oxygen atoms in total. The molecule has 0 aromatic carbocycles. The van der Waals surface area contributed by atoms with Crippen LogP contribution in [-0.4, -0.2) is 46.5 Å². The fourth-order valence-electron chi connectivity index (χ4n) is 1.41. The zero-order chi connectivity index (χ0) is 12.0. The Kier molecular flexibility index (Phi) is 4.94. The quantitative estimate of drug-likeness (QED) is 0.600. The van der Waals surface area contributed by atoms with Gasteiger partial charge in [0.2, 0.25) is 0 Å². The first kappa shape index (κ1) is 12.7. The molecule has 90 valence electrons. The third kappa shape index (κ3) is 3.32. The van der Waals surface area contributed by atoms with Crippen molar-refractivity contribution in [3.05, 3.63) is 11.9 Å². The van der Waals surface area contributed by atoms with Gasteiger partial charge in [0.15, 0.2) is 0 Å². The van der Waals surface area contributed by atoms with Crippen molar-refractivity contribution in [2.45, 2.75) is 13.3 Å². The van der Waals surface area contributed by atoms with Gasteiger partial charge in [-0.15, -0.1) is 0 Å². The van der Waals surface area contributed by atoms with Crippen LogP contribution in [0.4, 0.5) is 11.6 Å². The van der Waals surface area contributed by atoms with E-state index >= 15 is 0 Å². The summed E-state index contributed by atoms with van der Waals surface area (Å²) in [5, 5.41) is 17.8. The Morgan fingerprint density at radius 2 is 1.88 bits per heavy atom. The Bertz CT molecular complexity index is 327.